The summed E-state index contributed by atoms with van der Waals surface area (Å²) in [6.45, 7) is 6.31. The predicted octanol–water partition coefficient (Wildman–Crippen LogP) is 2.06. The van der Waals surface area contributed by atoms with Gasteiger partial charge in [0.15, 0.2) is 0 Å². The molecular weight excluding hydrogens is 376 g/mol. The van der Waals surface area contributed by atoms with Gasteiger partial charge in [0, 0.05) is 25.0 Å². The van der Waals surface area contributed by atoms with Crippen molar-refractivity contribution in [3.63, 3.8) is 0 Å². The van der Waals surface area contributed by atoms with Crippen molar-refractivity contribution in [2.75, 3.05) is 26.2 Å². The van der Waals surface area contributed by atoms with E-state index in [0.717, 1.165) is 6.42 Å². The Bertz CT molecular complexity index is 710. The largest absolute Gasteiger partial charge is 0.481 e. The Morgan fingerprint density at radius 3 is 2.59 bits per heavy atom. The van der Waals surface area contributed by atoms with Gasteiger partial charge in [0.25, 0.3) is 0 Å². The number of amides is 1. The van der Waals surface area contributed by atoms with Crippen LogP contribution in [0.5, 0.6) is 0 Å². The lowest BCUT2D eigenvalue weighted by Gasteiger charge is -2.30. The number of likely N-dealkylation sites (tertiary alicyclic amines) is 2. The van der Waals surface area contributed by atoms with Gasteiger partial charge < -0.3 is 19.5 Å². The zero-order valence-electron chi connectivity index (χ0n) is 17.2. The highest BCUT2D eigenvalue weighted by atomic mass is 16.6. The Morgan fingerprint density at radius 1 is 1.21 bits per heavy atom. The first-order valence-corrected chi connectivity index (χ1v) is 10.1. The third-order valence-electron chi connectivity index (χ3n) is 5.54. The van der Waals surface area contributed by atoms with Crippen LogP contribution < -0.4 is 0 Å². The Hall–Kier alpha value is -2.35. The fourth-order valence-corrected chi connectivity index (χ4v) is 4.29. The third kappa shape index (κ3) is 5.18. The summed E-state index contributed by atoms with van der Waals surface area (Å²) in [5, 5.41) is 9.68. The molecule has 0 aromatic heterocycles. The average molecular weight is 406 g/mol. The molecule has 2 fully saturated rings. The Balaban J connectivity index is 1.61. The Morgan fingerprint density at radius 2 is 1.97 bits per heavy atom. The van der Waals surface area contributed by atoms with Gasteiger partial charge in [-0.25, -0.2) is 4.79 Å². The summed E-state index contributed by atoms with van der Waals surface area (Å²) < 4.78 is 10.9. The topological polar surface area (TPSA) is 96.4 Å². The number of carbonyl (C=O) groups is 3. The standard InChI is InChI=1S/C21H30N2O6/c1-21(2,3)29-20(27)23-10-9-16-18(23)15(19(25)26)11-22(16)12-17(24)28-13-14-7-5-4-6-8-14/h4-7,14-16,18H,8-13H2,1-3H3,(H,25,26)/t14?,15-,16?,18+/m0/s1. The minimum Gasteiger partial charge on any atom is -0.481 e. The normalized spacial score (nSPS) is 29.0. The van der Waals surface area contributed by atoms with Crippen LogP contribution in [0.25, 0.3) is 0 Å². The fourth-order valence-electron chi connectivity index (χ4n) is 4.29. The molecule has 8 nitrogen and oxygen atoms in total. The van der Waals surface area contributed by atoms with Crippen molar-refractivity contribution < 1.29 is 29.0 Å². The van der Waals surface area contributed by atoms with Gasteiger partial charge in [-0.3, -0.25) is 14.5 Å². The highest BCUT2D eigenvalue weighted by Gasteiger charge is 2.54. The van der Waals surface area contributed by atoms with Gasteiger partial charge in [0.05, 0.1) is 25.1 Å². The molecule has 29 heavy (non-hydrogen) atoms. The van der Waals surface area contributed by atoms with Crippen LogP contribution in [0.3, 0.4) is 0 Å². The van der Waals surface area contributed by atoms with Gasteiger partial charge in [0.2, 0.25) is 0 Å². The van der Waals surface area contributed by atoms with E-state index in [4.69, 9.17) is 9.47 Å². The summed E-state index contributed by atoms with van der Waals surface area (Å²) in [5.74, 6) is -1.91. The van der Waals surface area contributed by atoms with Crippen LogP contribution in [0.2, 0.25) is 0 Å². The second-order valence-electron chi connectivity index (χ2n) is 8.89. The van der Waals surface area contributed by atoms with Gasteiger partial charge in [-0.05, 0) is 33.6 Å². The number of fused-ring (bicyclic) bond motifs is 1. The molecular formula is C21H30N2O6. The summed E-state index contributed by atoms with van der Waals surface area (Å²) in [6, 6.07) is -0.685. The van der Waals surface area contributed by atoms with Crippen LogP contribution in [0, 0.1) is 11.8 Å². The molecule has 3 rings (SSSR count). The van der Waals surface area contributed by atoms with Gasteiger partial charge in [-0.15, -0.1) is 0 Å². The van der Waals surface area contributed by atoms with Crippen LogP contribution in [0.15, 0.2) is 24.3 Å². The van der Waals surface area contributed by atoms with E-state index in [1.54, 1.807) is 20.8 Å². The molecule has 0 aromatic rings. The van der Waals surface area contributed by atoms with Gasteiger partial charge in [-0.1, -0.05) is 24.3 Å². The SMILES string of the molecule is CC(C)(C)OC(=O)N1CCC2[C@H]1[C@@H](C(=O)O)CN2CC(=O)OCC1C=CC=CC1. The van der Waals surface area contributed by atoms with Crippen LogP contribution in [-0.4, -0.2) is 76.9 Å². The molecule has 1 N–H and O–H groups in total. The molecule has 3 aliphatic rings. The van der Waals surface area contributed by atoms with Gasteiger partial charge in [0.1, 0.15) is 5.60 Å². The molecule has 1 amide bonds. The van der Waals surface area contributed by atoms with Crippen molar-refractivity contribution in [1.29, 1.82) is 0 Å². The van der Waals surface area contributed by atoms with Crippen LogP contribution >= 0.6 is 0 Å². The second kappa shape index (κ2) is 8.57. The average Bonchev–Trinajstić information content (AvgIpc) is 3.21. The van der Waals surface area contributed by atoms with E-state index in [1.165, 1.54) is 4.90 Å². The van der Waals surface area contributed by atoms with E-state index in [9.17, 15) is 19.5 Å². The van der Waals surface area contributed by atoms with E-state index in [1.807, 2.05) is 29.2 Å². The zero-order chi connectivity index (χ0) is 21.2. The van der Waals surface area contributed by atoms with Crippen molar-refractivity contribution >= 4 is 18.0 Å². The van der Waals surface area contributed by atoms with Crippen molar-refractivity contribution in [2.45, 2.75) is 51.3 Å². The first kappa shape index (κ1) is 21.4. The molecule has 8 heteroatoms. The maximum Gasteiger partial charge on any atom is 0.410 e. The van der Waals surface area contributed by atoms with Crippen molar-refractivity contribution in [3.05, 3.63) is 24.3 Å². The van der Waals surface area contributed by atoms with Crippen LogP contribution in [0.1, 0.15) is 33.6 Å². The molecule has 2 heterocycles. The fraction of sp³-hybridized carbons (Fsp3) is 0.667. The molecule has 2 aliphatic heterocycles. The second-order valence-corrected chi connectivity index (χ2v) is 8.89. The lowest BCUT2D eigenvalue weighted by Crippen LogP contribution is -2.46. The van der Waals surface area contributed by atoms with E-state index < -0.39 is 29.6 Å². The first-order valence-electron chi connectivity index (χ1n) is 10.1. The Kier molecular flexibility index (Phi) is 6.31. The quantitative estimate of drug-likeness (QED) is 0.698. The number of carbonyl (C=O) groups excluding carboxylic acids is 2. The first-order chi connectivity index (χ1) is 13.7. The van der Waals surface area contributed by atoms with Gasteiger partial charge in [-0.2, -0.15) is 0 Å². The molecule has 160 valence electrons. The Labute approximate surface area is 171 Å². The molecule has 0 radical (unpaired) electrons. The van der Waals surface area contributed by atoms with Crippen molar-refractivity contribution in [3.8, 4) is 0 Å². The molecule has 0 bridgehead atoms. The van der Waals surface area contributed by atoms with Crippen LogP contribution in [0.4, 0.5) is 4.79 Å². The maximum atomic E-state index is 12.6. The number of nitrogens with zero attached hydrogens (tertiary/aromatic N) is 2. The molecule has 0 saturated carbocycles. The maximum absolute atomic E-state index is 12.6. The number of esters is 1. The van der Waals surface area contributed by atoms with Crippen molar-refractivity contribution in [1.82, 2.24) is 9.80 Å². The van der Waals surface area contributed by atoms with E-state index in [-0.39, 0.29) is 31.0 Å². The summed E-state index contributed by atoms with van der Waals surface area (Å²) in [7, 11) is 0. The molecule has 2 unspecified atom stereocenters. The summed E-state index contributed by atoms with van der Waals surface area (Å²) in [4.78, 5) is 40.1. The lowest BCUT2D eigenvalue weighted by molar-refractivity contribution is -0.147. The van der Waals surface area contributed by atoms with E-state index in [2.05, 4.69) is 0 Å². The van der Waals surface area contributed by atoms with E-state index >= 15 is 0 Å². The van der Waals surface area contributed by atoms with Crippen molar-refractivity contribution in [2.24, 2.45) is 11.8 Å². The number of aliphatic carboxylic acids is 1. The highest BCUT2D eigenvalue weighted by molar-refractivity contribution is 5.76. The molecule has 4 atom stereocenters. The number of hydrogen-bond acceptors (Lipinski definition) is 6. The zero-order valence-corrected chi connectivity index (χ0v) is 17.2. The third-order valence-corrected chi connectivity index (χ3v) is 5.54. The molecule has 2 saturated heterocycles. The summed E-state index contributed by atoms with van der Waals surface area (Å²) in [6.07, 6.45) is 8.89. The number of allylic oxidation sites excluding steroid dienone is 3. The number of carboxylic acids is 1. The smallest absolute Gasteiger partial charge is 0.410 e. The lowest BCUT2D eigenvalue weighted by atomic mass is 10.00. The number of carboxylic acid groups (broad SMARTS) is 1. The number of hydrogen-bond donors (Lipinski definition) is 1. The monoisotopic (exact) mass is 406 g/mol. The van der Waals surface area contributed by atoms with E-state index in [0.29, 0.717) is 19.6 Å². The summed E-state index contributed by atoms with van der Waals surface area (Å²) >= 11 is 0. The molecule has 0 aromatic carbocycles. The van der Waals surface area contributed by atoms with Gasteiger partial charge >= 0.3 is 18.0 Å². The highest BCUT2D eigenvalue weighted by Crippen LogP contribution is 2.36. The minimum absolute atomic E-state index is 0.0272. The van der Waals surface area contributed by atoms with Crippen LogP contribution in [-0.2, 0) is 19.1 Å². The predicted molar refractivity (Wildman–Crippen MR) is 105 cm³/mol. The molecule has 1 aliphatic carbocycles. The number of ether oxygens (including phenoxy) is 2. The summed E-state index contributed by atoms with van der Waals surface area (Å²) in [5.41, 5.74) is -0.654. The number of rotatable bonds is 5. The molecule has 0 spiro atoms. The minimum atomic E-state index is -0.967.